The largest absolute Gasteiger partial charge is 1.00 e. The van der Waals surface area contributed by atoms with E-state index in [0.717, 1.165) is 4.59 Å². The second-order valence-corrected chi connectivity index (χ2v) is 3.00. The summed E-state index contributed by atoms with van der Waals surface area (Å²) < 4.78 is 2.95. The van der Waals surface area contributed by atoms with Gasteiger partial charge in [-0.05, 0) is 12.1 Å². The highest BCUT2D eigenvalue weighted by Gasteiger charge is 2.05. The molecule has 0 atom stereocenters. The van der Waals surface area contributed by atoms with Crippen molar-refractivity contribution in [1.29, 1.82) is 0 Å². The number of halogens is 1. The highest BCUT2D eigenvalue weighted by molar-refractivity contribution is 4.92. The Morgan fingerprint density at radius 3 is 1.60 bits per heavy atom. The zero-order valence-electron chi connectivity index (χ0n) is 6.58. The molecule has 0 aliphatic heterocycles. The summed E-state index contributed by atoms with van der Waals surface area (Å²) in [6, 6.07) is 4.06. The first kappa shape index (κ1) is 9.97. The van der Waals surface area contributed by atoms with Gasteiger partial charge in [0, 0.05) is 0 Å². The van der Waals surface area contributed by atoms with Crippen LogP contribution in [0.5, 0.6) is 0 Å². The van der Waals surface area contributed by atoms with Crippen LogP contribution < -0.4 is 28.6 Å². The third-order valence-electron chi connectivity index (χ3n) is 1.28. The van der Waals surface area contributed by atoms with Crippen molar-refractivity contribution in [1.82, 2.24) is 9.27 Å². The van der Waals surface area contributed by atoms with Crippen molar-refractivity contribution in [2.45, 2.75) is 0 Å². The van der Waals surface area contributed by atoms with Gasteiger partial charge in [0.25, 0.3) is 0 Å². The Kier molecular flexibility index (Phi) is 3.38. The Bertz CT molecular complexity index is 174. The lowest BCUT2D eigenvalue weighted by Gasteiger charge is -2.23. The molecule has 0 saturated carbocycles. The van der Waals surface area contributed by atoms with Crippen LogP contribution >= 0.6 is 0 Å². The maximum absolute atomic E-state index is 2.12. The summed E-state index contributed by atoms with van der Waals surface area (Å²) in [7, 11) is 6.38. The first-order chi connectivity index (χ1) is 4.11. The molecule has 1 heterocycles. The van der Waals surface area contributed by atoms with E-state index in [4.69, 9.17) is 0 Å². The average Bonchev–Trinajstić information content (AvgIpc) is 2.08. The topological polar surface area (TPSA) is 4.93 Å². The molecule has 0 aromatic carbocycles. The number of aromatic nitrogens is 1. The molecule has 1 aromatic heterocycles. The number of rotatable bonds is 1. The fraction of sp³-hybridized carbons (Fsp3) is 0.429. The van der Waals surface area contributed by atoms with Gasteiger partial charge >= 0.3 is 0 Å². The first-order valence-corrected chi connectivity index (χ1v) is 3.06. The Balaban J connectivity index is 0.000000810. The van der Waals surface area contributed by atoms with Crippen molar-refractivity contribution in [3.8, 4) is 0 Å². The van der Waals surface area contributed by atoms with Crippen LogP contribution in [0.15, 0.2) is 24.5 Å². The SMILES string of the molecule is C[N+](C)(C)n1cccc1.[I-]. The van der Waals surface area contributed by atoms with Gasteiger partial charge in [-0.25, -0.2) is 9.27 Å². The molecule has 0 aliphatic carbocycles. The zero-order valence-corrected chi connectivity index (χ0v) is 8.74. The van der Waals surface area contributed by atoms with Crippen molar-refractivity contribution >= 4 is 0 Å². The third-order valence-corrected chi connectivity index (χ3v) is 1.28. The molecule has 10 heavy (non-hydrogen) atoms. The van der Waals surface area contributed by atoms with Gasteiger partial charge in [-0.2, -0.15) is 0 Å². The second-order valence-electron chi connectivity index (χ2n) is 3.00. The molecule has 0 aliphatic rings. The van der Waals surface area contributed by atoms with E-state index in [1.54, 1.807) is 0 Å². The number of nitrogens with zero attached hydrogens (tertiary/aromatic N) is 2. The predicted octanol–water partition coefficient (Wildman–Crippen LogP) is -2.18. The highest BCUT2D eigenvalue weighted by atomic mass is 127. The monoisotopic (exact) mass is 252 g/mol. The minimum absolute atomic E-state index is 0. The van der Waals surface area contributed by atoms with E-state index in [1.165, 1.54) is 0 Å². The maximum atomic E-state index is 2.12. The van der Waals surface area contributed by atoms with Crippen molar-refractivity contribution in [2.24, 2.45) is 0 Å². The summed E-state index contributed by atoms with van der Waals surface area (Å²) in [5, 5.41) is 0. The molecular weight excluding hydrogens is 239 g/mol. The van der Waals surface area contributed by atoms with Gasteiger partial charge in [-0.15, -0.1) is 0 Å². The Morgan fingerprint density at radius 2 is 1.40 bits per heavy atom. The molecule has 58 valence electrons. The number of hydrogen-bond acceptors (Lipinski definition) is 0. The van der Waals surface area contributed by atoms with Crippen LogP contribution in [0.2, 0.25) is 0 Å². The van der Waals surface area contributed by atoms with Gasteiger partial charge < -0.3 is 24.0 Å². The lowest BCUT2D eigenvalue weighted by Crippen LogP contribution is -3.00. The van der Waals surface area contributed by atoms with Gasteiger partial charge in [0.1, 0.15) is 0 Å². The third kappa shape index (κ3) is 2.30. The van der Waals surface area contributed by atoms with E-state index in [9.17, 15) is 0 Å². The van der Waals surface area contributed by atoms with E-state index in [0.29, 0.717) is 0 Å². The normalized spacial score (nSPS) is 10.7. The molecule has 1 aromatic rings. The molecule has 2 nitrogen and oxygen atoms in total. The summed E-state index contributed by atoms with van der Waals surface area (Å²) in [6.45, 7) is 0. The number of hydrogen-bond donors (Lipinski definition) is 0. The molecule has 0 unspecified atom stereocenters. The molecule has 1 rings (SSSR count). The predicted molar refractivity (Wildman–Crippen MR) is 39.7 cm³/mol. The van der Waals surface area contributed by atoms with Crippen LogP contribution in [0, 0.1) is 0 Å². The fourth-order valence-corrected chi connectivity index (χ4v) is 0.725. The van der Waals surface area contributed by atoms with Crippen LogP contribution in [-0.2, 0) is 0 Å². The molecule has 0 N–H and O–H groups in total. The van der Waals surface area contributed by atoms with E-state index >= 15 is 0 Å². The summed E-state index contributed by atoms with van der Waals surface area (Å²) in [5.74, 6) is 0. The Labute approximate surface area is 79.0 Å². The van der Waals surface area contributed by atoms with Crippen LogP contribution in [0.1, 0.15) is 0 Å². The minimum atomic E-state index is 0. The van der Waals surface area contributed by atoms with Gasteiger partial charge in [0.2, 0.25) is 0 Å². The van der Waals surface area contributed by atoms with Crippen molar-refractivity contribution in [3.05, 3.63) is 24.5 Å². The Hall–Kier alpha value is -0.0300. The minimum Gasteiger partial charge on any atom is -1.00 e. The summed E-state index contributed by atoms with van der Waals surface area (Å²) in [6.07, 6.45) is 4.11. The van der Waals surface area contributed by atoms with Gasteiger partial charge in [0.05, 0.1) is 33.5 Å². The standard InChI is InChI=1S/C7H13N2.HI/c1-9(2,3)8-6-4-5-7-8;/h4-7H,1-3H3;1H/q+1;/p-1. The van der Waals surface area contributed by atoms with Crippen LogP contribution in [0.4, 0.5) is 0 Å². The second kappa shape index (κ2) is 3.39. The van der Waals surface area contributed by atoms with E-state index < -0.39 is 0 Å². The van der Waals surface area contributed by atoms with Gasteiger partial charge in [-0.1, -0.05) is 0 Å². The van der Waals surface area contributed by atoms with E-state index in [-0.39, 0.29) is 24.0 Å². The molecule has 0 bridgehead atoms. The molecule has 0 amide bonds. The van der Waals surface area contributed by atoms with E-state index in [2.05, 4.69) is 38.2 Å². The first-order valence-electron chi connectivity index (χ1n) is 3.06. The van der Waals surface area contributed by atoms with Crippen molar-refractivity contribution in [2.75, 3.05) is 21.1 Å². The number of quaternary nitrogens is 1. The molecule has 0 fully saturated rings. The fourth-order valence-electron chi connectivity index (χ4n) is 0.725. The summed E-state index contributed by atoms with van der Waals surface area (Å²) in [4.78, 5) is 0. The highest BCUT2D eigenvalue weighted by Crippen LogP contribution is 1.93. The van der Waals surface area contributed by atoms with Crippen molar-refractivity contribution < 1.29 is 24.0 Å². The maximum Gasteiger partial charge on any atom is 0.0907 e. The molecular formula is C7H13IN2. The average molecular weight is 252 g/mol. The zero-order chi connectivity index (χ0) is 6.91. The van der Waals surface area contributed by atoms with Gasteiger partial charge in [0.15, 0.2) is 0 Å². The lowest BCUT2D eigenvalue weighted by atomic mass is 10.7. The molecule has 3 heteroatoms. The van der Waals surface area contributed by atoms with Crippen LogP contribution in [0.25, 0.3) is 0 Å². The summed E-state index contributed by atoms with van der Waals surface area (Å²) in [5.41, 5.74) is 0. The van der Waals surface area contributed by atoms with Crippen molar-refractivity contribution in [3.63, 3.8) is 0 Å². The molecule has 0 spiro atoms. The molecule has 0 saturated heterocycles. The Morgan fingerprint density at radius 1 is 1.00 bits per heavy atom. The smallest absolute Gasteiger partial charge is 0.0907 e. The van der Waals surface area contributed by atoms with E-state index in [1.807, 2.05) is 12.1 Å². The van der Waals surface area contributed by atoms with Crippen LogP contribution in [0.3, 0.4) is 0 Å². The molecule has 0 radical (unpaired) electrons. The summed E-state index contributed by atoms with van der Waals surface area (Å²) >= 11 is 0. The van der Waals surface area contributed by atoms with Gasteiger partial charge in [-0.3, -0.25) is 0 Å². The lowest BCUT2D eigenvalue weighted by molar-refractivity contribution is -0.00000252. The quantitative estimate of drug-likeness (QED) is 0.395. The van der Waals surface area contributed by atoms with Crippen LogP contribution in [-0.4, -0.2) is 25.8 Å².